The molecular weight excluding hydrogens is 300 g/mol. The van der Waals surface area contributed by atoms with Crippen LogP contribution >= 0.6 is 0 Å². The van der Waals surface area contributed by atoms with Gasteiger partial charge in [-0.05, 0) is 37.8 Å². The number of rotatable bonds is 7. The summed E-state index contributed by atoms with van der Waals surface area (Å²) in [6.45, 7) is 9.34. The van der Waals surface area contributed by atoms with Gasteiger partial charge in [-0.2, -0.15) is 0 Å². The van der Waals surface area contributed by atoms with Crippen LogP contribution in [0.1, 0.15) is 51.2 Å². The first-order chi connectivity index (χ1) is 11.6. The molecule has 2 rings (SSSR count). The second kappa shape index (κ2) is 9.30. The minimum atomic E-state index is 0.223. The van der Waals surface area contributed by atoms with Crippen molar-refractivity contribution in [2.45, 2.75) is 59.2 Å². The third-order valence-corrected chi connectivity index (χ3v) is 4.35. The van der Waals surface area contributed by atoms with Crippen LogP contribution in [0.15, 0.2) is 29.3 Å². The van der Waals surface area contributed by atoms with Crippen LogP contribution in [0.5, 0.6) is 0 Å². The maximum absolute atomic E-state index is 12.4. The third kappa shape index (κ3) is 5.25. The molecule has 5 heteroatoms. The number of guanidine groups is 1. The molecule has 1 atom stereocenters. The summed E-state index contributed by atoms with van der Waals surface area (Å²) in [7, 11) is 0. The highest BCUT2D eigenvalue weighted by Crippen LogP contribution is 2.22. The molecule has 1 aromatic rings. The topological polar surface area (TPSA) is 56.7 Å². The van der Waals surface area contributed by atoms with E-state index in [4.69, 9.17) is 0 Å². The summed E-state index contributed by atoms with van der Waals surface area (Å²) in [6, 6.07) is 8.68. The number of carbonyl (C=O) groups is 1. The van der Waals surface area contributed by atoms with E-state index in [1.54, 1.807) is 0 Å². The minimum Gasteiger partial charge on any atom is -0.357 e. The second-order valence-corrected chi connectivity index (χ2v) is 6.34. The number of hydrogen-bond acceptors (Lipinski definition) is 2. The van der Waals surface area contributed by atoms with E-state index in [1.165, 1.54) is 11.1 Å². The Morgan fingerprint density at radius 1 is 1.25 bits per heavy atom. The fourth-order valence-corrected chi connectivity index (χ4v) is 2.74. The van der Waals surface area contributed by atoms with Crippen LogP contribution < -0.4 is 10.6 Å². The molecule has 2 N–H and O–H groups in total. The van der Waals surface area contributed by atoms with Crippen LogP contribution in [-0.4, -0.2) is 35.9 Å². The number of hydrogen-bond donors (Lipinski definition) is 2. The van der Waals surface area contributed by atoms with Crippen LogP contribution in [0.2, 0.25) is 0 Å². The highest BCUT2D eigenvalue weighted by Gasteiger charge is 2.22. The average molecular weight is 330 g/mol. The van der Waals surface area contributed by atoms with Gasteiger partial charge in [-0.25, -0.2) is 0 Å². The van der Waals surface area contributed by atoms with E-state index in [0.29, 0.717) is 19.0 Å². The van der Waals surface area contributed by atoms with Crippen LogP contribution in [0.4, 0.5) is 0 Å². The summed E-state index contributed by atoms with van der Waals surface area (Å²) >= 11 is 0. The molecule has 0 saturated heterocycles. The van der Waals surface area contributed by atoms with Gasteiger partial charge < -0.3 is 15.5 Å². The maximum Gasteiger partial charge on any atom is 0.223 e. The molecule has 0 bridgehead atoms. The average Bonchev–Trinajstić information content (AvgIpc) is 3.02. The van der Waals surface area contributed by atoms with Gasteiger partial charge in [-0.15, -0.1) is 0 Å². The molecule has 24 heavy (non-hydrogen) atoms. The molecule has 0 aromatic heterocycles. The molecule has 0 saturated carbocycles. The Kier molecular flexibility index (Phi) is 7.09. The Morgan fingerprint density at radius 2 is 1.92 bits per heavy atom. The van der Waals surface area contributed by atoms with Crippen molar-refractivity contribution in [1.29, 1.82) is 0 Å². The second-order valence-electron chi connectivity index (χ2n) is 6.34. The third-order valence-electron chi connectivity index (χ3n) is 4.35. The monoisotopic (exact) mass is 330 g/mol. The lowest BCUT2D eigenvalue weighted by molar-refractivity contribution is -0.131. The van der Waals surface area contributed by atoms with E-state index in [0.717, 1.165) is 38.4 Å². The summed E-state index contributed by atoms with van der Waals surface area (Å²) < 4.78 is 0. The number of fused-ring (bicyclic) bond motifs is 1. The van der Waals surface area contributed by atoms with E-state index in [2.05, 4.69) is 48.5 Å². The Morgan fingerprint density at radius 3 is 2.50 bits per heavy atom. The van der Waals surface area contributed by atoms with Crippen LogP contribution in [-0.2, 0) is 17.9 Å². The van der Waals surface area contributed by atoms with Gasteiger partial charge in [0, 0.05) is 38.6 Å². The maximum atomic E-state index is 12.4. The van der Waals surface area contributed by atoms with Gasteiger partial charge in [0.2, 0.25) is 5.91 Å². The summed E-state index contributed by atoms with van der Waals surface area (Å²) in [5.41, 5.74) is 2.55. The lowest BCUT2D eigenvalue weighted by atomic mass is 10.1. The van der Waals surface area contributed by atoms with Gasteiger partial charge in [0.05, 0.1) is 0 Å². The Balaban J connectivity index is 1.75. The first-order valence-corrected chi connectivity index (χ1v) is 9.03. The molecule has 0 spiro atoms. The molecule has 1 unspecified atom stereocenters. The highest BCUT2D eigenvalue weighted by molar-refractivity contribution is 5.80. The van der Waals surface area contributed by atoms with Crippen molar-refractivity contribution in [1.82, 2.24) is 15.5 Å². The summed E-state index contributed by atoms with van der Waals surface area (Å²) in [5.74, 6) is 1.06. The van der Waals surface area contributed by atoms with Crippen LogP contribution in [0, 0.1) is 0 Å². The summed E-state index contributed by atoms with van der Waals surface area (Å²) in [4.78, 5) is 18.9. The Hall–Kier alpha value is -2.04. The van der Waals surface area contributed by atoms with Crippen molar-refractivity contribution < 1.29 is 4.79 Å². The first-order valence-electron chi connectivity index (χ1n) is 9.03. The van der Waals surface area contributed by atoms with Gasteiger partial charge in [0.15, 0.2) is 5.96 Å². The SMILES string of the molecule is CCNC(=NCCCC(=O)N1Cc2ccccc2C1)NC(C)CC. The molecular formula is C19H30N4O. The zero-order valence-corrected chi connectivity index (χ0v) is 15.1. The molecule has 1 aliphatic rings. The van der Waals surface area contributed by atoms with Crippen molar-refractivity contribution in [2.75, 3.05) is 13.1 Å². The summed E-state index contributed by atoms with van der Waals surface area (Å²) in [5, 5.41) is 6.61. The molecule has 0 aliphatic carbocycles. The van der Waals surface area contributed by atoms with E-state index >= 15 is 0 Å². The largest absolute Gasteiger partial charge is 0.357 e. The lowest BCUT2D eigenvalue weighted by Crippen LogP contribution is -2.42. The van der Waals surface area contributed by atoms with E-state index in [-0.39, 0.29) is 5.91 Å². The lowest BCUT2D eigenvalue weighted by Gasteiger charge is -2.17. The molecule has 1 amide bonds. The van der Waals surface area contributed by atoms with Gasteiger partial charge >= 0.3 is 0 Å². The molecule has 132 valence electrons. The molecule has 1 aliphatic heterocycles. The predicted octanol–water partition coefficient (Wildman–Crippen LogP) is 2.66. The summed E-state index contributed by atoms with van der Waals surface area (Å²) in [6.07, 6.45) is 2.39. The van der Waals surface area contributed by atoms with Crippen molar-refractivity contribution in [3.8, 4) is 0 Å². The number of amides is 1. The Bertz CT molecular complexity index is 545. The number of nitrogens with one attached hydrogen (secondary N) is 2. The van der Waals surface area contributed by atoms with Gasteiger partial charge in [-0.1, -0.05) is 31.2 Å². The normalized spacial score (nSPS) is 15.1. The number of benzene rings is 1. The van der Waals surface area contributed by atoms with Crippen molar-refractivity contribution in [2.24, 2.45) is 4.99 Å². The van der Waals surface area contributed by atoms with Gasteiger partial charge in [0.1, 0.15) is 0 Å². The van der Waals surface area contributed by atoms with Crippen LogP contribution in [0.25, 0.3) is 0 Å². The molecule has 0 radical (unpaired) electrons. The number of carbonyl (C=O) groups excluding carboxylic acids is 1. The highest BCUT2D eigenvalue weighted by atomic mass is 16.2. The molecule has 1 aromatic carbocycles. The Labute approximate surface area is 145 Å². The zero-order chi connectivity index (χ0) is 17.4. The van der Waals surface area contributed by atoms with Crippen molar-refractivity contribution in [3.05, 3.63) is 35.4 Å². The van der Waals surface area contributed by atoms with E-state index in [1.807, 2.05) is 17.0 Å². The fraction of sp³-hybridized carbons (Fsp3) is 0.579. The smallest absolute Gasteiger partial charge is 0.223 e. The number of nitrogens with zero attached hydrogens (tertiary/aromatic N) is 2. The van der Waals surface area contributed by atoms with Gasteiger partial charge in [0.25, 0.3) is 0 Å². The number of aliphatic imine (C=N–C) groups is 1. The first kappa shape index (κ1) is 18.3. The quantitative estimate of drug-likeness (QED) is 0.459. The zero-order valence-electron chi connectivity index (χ0n) is 15.1. The van der Waals surface area contributed by atoms with Crippen molar-refractivity contribution in [3.63, 3.8) is 0 Å². The molecule has 1 heterocycles. The minimum absolute atomic E-state index is 0.223. The van der Waals surface area contributed by atoms with Crippen LogP contribution in [0.3, 0.4) is 0 Å². The standard InChI is InChI=1S/C19H30N4O/c1-4-15(3)22-19(20-5-2)21-12-8-11-18(24)23-13-16-9-6-7-10-17(16)14-23/h6-7,9-10,15H,4-5,8,11-14H2,1-3H3,(H2,20,21,22). The van der Waals surface area contributed by atoms with E-state index in [9.17, 15) is 4.79 Å². The van der Waals surface area contributed by atoms with Gasteiger partial charge in [-0.3, -0.25) is 9.79 Å². The molecule has 0 fully saturated rings. The van der Waals surface area contributed by atoms with Crippen molar-refractivity contribution >= 4 is 11.9 Å². The predicted molar refractivity (Wildman–Crippen MR) is 98.8 cm³/mol. The fourth-order valence-electron chi connectivity index (χ4n) is 2.74. The molecule has 5 nitrogen and oxygen atoms in total. The van der Waals surface area contributed by atoms with E-state index < -0.39 is 0 Å².